The third kappa shape index (κ3) is 2.57. The van der Waals surface area contributed by atoms with Gasteiger partial charge in [-0.1, -0.05) is 30.9 Å². The third-order valence-electron chi connectivity index (χ3n) is 3.84. The van der Waals surface area contributed by atoms with Crippen LogP contribution in [-0.2, 0) is 0 Å². The van der Waals surface area contributed by atoms with Crippen molar-refractivity contribution in [2.24, 2.45) is 11.7 Å². The first-order valence-electron chi connectivity index (χ1n) is 6.46. The first-order valence-corrected chi connectivity index (χ1v) is 6.84. The number of hydrogen-bond acceptors (Lipinski definition) is 3. The van der Waals surface area contributed by atoms with E-state index in [0.717, 1.165) is 12.8 Å². The van der Waals surface area contributed by atoms with Crippen LogP contribution in [0.5, 0.6) is 11.5 Å². The zero-order valence-electron chi connectivity index (χ0n) is 10.7. The molecule has 0 amide bonds. The molecule has 3 N–H and O–H groups in total. The lowest BCUT2D eigenvalue weighted by Gasteiger charge is -2.29. The fourth-order valence-electron chi connectivity index (χ4n) is 2.79. The molecule has 1 aromatic rings. The molecule has 1 aliphatic carbocycles. The predicted octanol–water partition coefficient (Wildman–Crippen LogP) is 3.63. The molecule has 1 aromatic carbocycles. The highest BCUT2D eigenvalue weighted by Gasteiger charge is 2.27. The molecule has 0 aromatic heterocycles. The van der Waals surface area contributed by atoms with Gasteiger partial charge in [-0.3, -0.25) is 0 Å². The summed E-state index contributed by atoms with van der Waals surface area (Å²) in [5, 5.41) is 10.4. The summed E-state index contributed by atoms with van der Waals surface area (Å²) in [6.45, 7) is 0. The number of methoxy groups -OCH3 is 1. The fraction of sp³-hybridized carbons (Fsp3) is 0.571. The second-order valence-corrected chi connectivity index (χ2v) is 5.34. The Hall–Kier alpha value is -0.930. The van der Waals surface area contributed by atoms with E-state index < -0.39 is 0 Å². The Morgan fingerprint density at radius 3 is 2.61 bits per heavy atom. The van der Waals surface area contributed by atoms with Gasteiger partial charge in [0, 0.05) is 6.04 Å². The van der Waals surface area contributed by atoms with Gasteiger partial charge >= 0.3 is 0 Å². The molecular formula is C14H20ClNO2. The number of halogens is 1. The topological polar surface area (TPSA) is 55.5 Å². The molecule has 18 heavy (non-hydrogen) atoms. The highest BCUT2D eigenvalue weighted by Crippen LogP contribution is 2.43. The van der Waals surface area contributed by atoms with Crippen molar-refractivity contribution in [2.75, 3.05) is 7.11 Å². The maximum atomic E-state index is 10.1. The molecule has 0 radical (unpaired) electrons. The summed E-state index contributed by atoms with van der Waals surface area (Å²) in [5.41, 5.74) is 6.97. The van der Waals surface area contributed by atoms with Gasteiger partial charge in [-0.15, -0.1) is 0 Å². The molecule has 1 aliphatic rings. The van der Waals surface area contributed by atoms with Gasteiger partial charge in [0.25, 0.3) is 0 Å². The van der Waals surface area contributed by atoms with Crippen molar-refractivity contribution >= 4 is 11.6 Å². The maximum Gasteiger partial charge on any atom is 0.142 e. The molecule has 4 heteroatoms. The van der Waals surface area contributed by atoms with Crippen LogP contribution in [0.15, 0.2) is 12.1 Å². The van der Waals surface area contributed by atoms with E-state index in [1.807, 2.05) is 0 Å². The van der Waals surface area contributed by atoms with Crippen molar-refractivity contribution in [3.05, 3.63) is 22.7 Å². The van der Waals surface area contributed by atoms with Crippen molar-refractivity contribution in [1.82, 2.24) is 0 Å². The normalized spacial score (nSPS) is 18.6. The van der Waals surface area contributed by atoms with Crippen LogP contribution in [0.3, 0.4) is 0 Å². The Morgan fingerprint density at radius 1 is 1.33 bits per heavy atom. The van der Waals surface area contributed by atoms with E-state index in [-0.39, 0.29) is 11.8 Å². The van der Waals surface area contributed by atoms with Gasteiger partial charge < -0.3 is 15.6 Å². The molecule has 100 valence electrons. The average Bonchev–Trinajstić information content (AvgIpc) is 2.42. The van der Waals surface area contributed by atoms with Crippen molar-refractivity contribution in [3.8, 4) is 11.5 Å². The van der Waals surface area contributed by atoms with E-state index in [9.17, 15) is 5.11 Å². The summed E-state index contributed by atoms with van der Waals surface area (Å²) < 4.78 is 5.29. The Morgan fingerprint density at radius 2 is 2.00 bits per heavy atom. The van der Waals surface area contributed by atoms with Crippen molar-refractivity contribution in [2.45, 2.75) is 38.1 Å². The van der Waals surface area contributed by atoms with Gasteiger partial charge in [0.2, 0.25) is 0 Å². The summed E-state index contributed by atoms with van der Waals surface area (Å²) in [5.74, 6) is 1.08. The van der Waals surface area contributed by atoms with Gasteiger partial charge in [-0.25, -0.2) is 0 Å². The SMILES string of the molecule is COc1ccc(Cl)c(O)c1[C@@H](N)C1CCCCC1. The highest BCUT2D eigenvalue weighted by atomic mass is 35.5. The molecule has 2 rings (SSSR count). The smallest absolute Gasteiger partial charge is 0.142 e. The number of phenols is 1. The van der Waals surface area contributed by atoms with Crippen LogP contribution in [0.1, 0.15) is 43.7 Å². The summed E-state index contributed by atoms with van der Waals surface area (Å²) in [4.78, 5) is 0. The van der Waals surface area contributed by atoms with Crippen LogP contribution >= 0.6 is 11.6 Å². The van der Waals surface area contributed by atoms with Crippen LogP contribution in [0.25, 0.3) is 0 Å². The van der Waals surface area contributed by atoms with Crippen LogP contribution in [-0.4, -0.2) is 12.2 Å². The lowest BCUT2D eigenvalue weighted by atomic mass is 9.81. The minimum absolute atomic E-state index is 0.0640. The number of ether oxygens (including phenoxy) is 1. The number of nitrogens with two attached hydrogens (primary N) is 1. The quantitative estimate of drug-likeness (QED) is 0.881. The molecule has 1 fully saturated rings. The Kier molecular flexibility index (Phi) is 4.36. The first-order chi connectivity index (χ1) is 8.65. The van der Waals surface area contributed by atoms with E-state index in [4.69, 9.17) is 22.1 Å². The maximum absolute atomic E-state index is 10.1. The van der Waals surface area contributed by atoms with E-state index in [1.54, 1.807) is 19.2 Å². The molecule has 0 saturated heterocycles. The zero-order chi connectivity index (χ0) is 13.1. The lowest BCUT2D eigenvalue weighted by Crippen LogP contribution is -2.24. The fourth-order valence-corrected chi connectivity index (χ4v) is 2.96. The van der Waals surface area contributed by atoms with Crippen molar-refractivity contribution in [3.63, 3.8) is 0 Å². The van der Waals surface area contributed by atoms with Gasteiger partial charge in [-0.05, 0) is 30.9 Å². The number of rotatable bonds is 3. The molecule has 0 unspecified atom stereocenters. The highest BCUT2D eigenvalue weighted by molar-refractivity contribution is 6.32. The Bertz CT molecular complexity index is 417. The van der Waals surface area contributed by atoms with Gasteiger partial charge in [0.15, 0.2) is 0 Å². The molecule has 0 heterocycles. The molecule has 1 atom stereocenters. The minimum atomic E-state index is -0.209. The van der Waals surface area contributed by atoms with Crippen LogP contribution in [0, 0.1) is 5.92 Å². The molecule has 1 saturated carbocycles. The number of phenolic OH excluding ortho intramolecular Hbond substituents is 1. The average molecular weight is 270 g/mol. The van der Waals surface area contributed by atoms with E-state index in [1.165, 1.54) is 19.3 Å². The second kappa shape index (κ2) is 5.81. The predicted molar refractivity (Wildman–Crippen MR) is 73.2 cm³/mol. The number of aromatic hydroxyl groups is 1. The summed E-state index contributed by atoms with van der Waals surface area (Å²) in [7, 11) is 1.58. The zero-order valence-corrected chi connectivity index (χ0v) is 11.4. The Labute approximate surface area is 113 Å². The number of benzene rings is 1. The molecule has 0 spiro atoms. The largest absolute Gasteiger partial charge is 0.506 e. The van der Waals surface area contributed by atoms with E-state index in [0.29, 0.717) is 22.3 Å². The molecule has 0 bridgehead atoms. The summed E-state index contributed by atoms with van der Waals surface area (Å²) in [6.07, 6.45) is 5.92. The lowest BCUT2D eigenvalue weighted by molar-refractivity contribution is 0.295. The van der Waals surface area contributed by atoms with Crippen molar-refractivity contribution < 1.29 is 9.84 Å². The van der Waals surface area contributed by atoms with E-state index in [2.05, 4.69) is 0 Å². The van der Waals surface area contributed by atoms with Gasteiger partial charge in [0.05, 0.1) is 17.7 Å². The van der Waals surface area contributed by atoms with E-state index >= 15 is 0 Å². The first kappa shape index (κ1) is 13.5. The second-order valence-electron chi connectivity index (χ2n) is 4.94. The van der Waals surface area contributed by atoms with Crippen molar-refractivity contribution in [1.29, 1.82) is 0 Å². The molecule has 0 aliphatic heterocycles. The Balaban J connectivity index is 2.32. The molecular weight excluding hydrogens is 250 g/mol. The van der Waals surface area contributed by atoms with Crippen LogP contribution in [0.2, 0.25) is 5.02 Å². The third-order valence-corrected chi connectivity index (χ3v) is 4.14. The molecule has 3 nitrogen and oxygen atoms in total. The van der Waals surface area contributed by atoms with Crippen LogP contribution < -0.4 is 10.5 Å². The summed E-state index contributed by atoms with van der Waals surface area (Å²) >= 11 is 5.96. The minimum Gasteiger partial charge on any atom is -0.506 e. The van der Waals surface area contributed by atoms with Gasteiger partial charge in [0.1, 0.15) is 11.5 Å². The standard InChI is InChI=1S/C14H20ClNO2/c1-18-11-8-7-10(15)14(17)12(11)13(16)9-5-3-2-4-6-9/h7-9,13,17H,2-6,16H2,1H3/t13-/m0/s1. The number of hydrogen-bond donors (Lipinski definition) is 2. The van der Waals surface area contributed by atoms with Crippen LogP contribution in [0.4, 0.5) is 0 Å². The summed E-state index contributed by atoms with van der Waals surface area (Å²) in [6, 6.07) is 3.19. The van der Waals surface area contributed by atoms with Gasteiger partial charge in [-0.2, -0.15) is 0 Å². The monoisotopic (exact) mass is 269 g/mol.